The van der Waals surface area contributed by atoms with Crippen LogP contribution in [-0.4, -0.2) is 50.4 Å². The number of carboxylic acid groups (broad SMARTS) is 1. The summed E-state index contributed by atoms with van der Waals surface area (Å²) in [6.45, 7) is 0.786. The van der Waals surface area contributed by atoms with E-state index >= 15 is 0 Å². The number of carbonyl (C=O) groups is 1. The number of nitrogens with zero attached hydrogens (tertiary/aromatic N) is 3. The quantitative estimate of drug-likeness (QED) is 0.770. The minimum absolute atomic E-state index is 0.0850. The summed E-state index contributed by atoms with van der Waals surface area (Å²) in [5.74, 6) is 1.43. The third-order valence-corrected chi connectivity index (χ3v) is 5.32. The molecule has 1 aliphatic carbocycles. The highest BCUT2D eigenvalue weighted by Crippen LogP contribution is 2.38. The molecular formula is C17H21N5O3. The van der Waals surface area contributed by atoms with Crippen LogP contribution in [0.15, 0.2) is 24.3 Å². The number of nitrogens with one attached hydrogen (secondary N) is 2. The molecule has 25 heavy (non-hydrogen) atoms. The monoisotopic (exact) mass is 343 g/mol. The summed E-state index contributed by atoms with van der Waals surface area (Å²) in [4.78, 5) is 11.3. The molecule has 1 aromatic carbocycles. The average molecular weight is 343 g/mol. The van der Waals surface area contributed by atoms with Gasteiger partial charge in [-0.15, -0.1) is 10.2 Å². The molecule has 2 aromatic rings. The fourth-order valence-electron chi connectivity index (χ4n) is 4.03. The normalized spacial score (nSPS) is 29.0. The van der Waals surface area contributed by atoms with Gasteiger partial charge in [0.25, 0.3) is 0 Å². The highest BCUT2D eigenvalue weighted by atomic mass is 16.5. The number of hydrogen-bond donors (Lipinski definition) is 3. The number of para-hydroxylation sites is 1. The van der Waals surface area contributed by atoms with Crippen LogP contribution in [0.2, 0.25) is 0 Å². The molecule has 8 nitrogen and oxygen atoms in total. The van der Waals surface area contributed by atoms with E-state index < -0.39 is 12.0 Å². The SMILES string of the molecule is O=C(O)[C@@H]1CC2C[C@@H](Oc3ccccc3-c3nn[nH]n3)CCC2CN1. The van der Waals surface area contributed by atoms with E-state index in [1.54, 1.807) is 0 Å². The number of ether oxygens (including phenoxy) is 1. The molecule has 132 valence electrons. The lowest BCUT2D eigenvalue weighted by molar-refractivity contribution is -0.141. The molecule has 1 aliphatic heterocycles. The molecular weight excluding hydrogens is 322 g/mol. The van der Waals surface area contributed by atoms with Crippen LogP contribution in [-0.2, 0) is 4.79 Å². The molecule has 4 atom stereocenters. The third-order valence-electron chi connectivity index (χ3n) is 5.32. The summed E-state index contributed by atoms with van der Waals surface area (Å²) in [6, 6.07) is 7.23. The molecule has 8 heteroatoms. The second kappa shape index (κ2) is 6.79. The zero-order valence-electron chi connectivity index (χ0n) is 13.8. The van der Waals surface area contributed by atoms with Crippen LogP contribution in [0, 0.1) is 11.8 Å². The Hall–Kier alpha value is -2.48. The van der Waals surface area contributed by atoms with Crippen molar-refractivity contribution in [1.29, 1.82) is 0 Å². The van der Waals surface area contributed by atoms with Crippen LogP contribution in [0.4, 0.5) is 0 Å². The summed E-state index contributed by atoms with van der Waals surface area (Å²) in [5.41, 5.74) is 0.812. The van der Waals surface area contributed by atoms with Crippen LogP contribution in [0.3, 0.4) is 0 Å². The Labute approximate surface area is 145 Å². The molecule has 2 fully saturated rings. The Kier molecular flexibility index (Phi) is 4.35. The molecule has 2 heterocycles. The van der Waals surface area contributed by atoms with Gasteiger partial charge >= 0.3 is 5.97 Å². The number of tetrazole rings is 1. The maximum absolute atomic E-state index is 11.3. The number of carboxylic acids is 1. The van der Waals surface area contributed by atoms with Gasteiger partial charge in [0.1, 0.15) is 11.8 Å². The maximum atomic E-state index is 11.3. The van der Waals surface area contributed by atoms with Crippen molar-refractivity contribution in [2.45, 2.75) is 37.8 Å². The fraction of sp³-hybridized carbons (Fsp3) is 0.529. The van der Waals surface area contributed by atoms with E-state index in [9.17, 15) is 9.90 Å². The molecule has 2 unspecified atom stereocenters. The first-order chi connectivity index (χ1) is 12.2. The van der Waals surface area contributed by atoms with E-state index in [0.29, 0.717) is 24.1 Å². The number of benzene rings is 1. The third kappa shape index (κ3) is 3.34. The highest BCUT2D eigenvalue weighted by Gasteiger charge is 2.38. The number of hydrogen-bond acceptors (Lipinski definition) is 6. The second-order valence-corrected chi connectivity index (χ2v) is 6.84. The topological polar surface area (TPSA) is 113 Å². The molecule has 0 bridgehead atoms. The van der Waals surface area contributed by atoms with Gasteiger partial charge in [-0.25, -0.2) is 0 Å². The van der Waals surface area contributed by atoms with Crippen LogP contribution >= 0.6 is 0 Å². The van der Waals surface area contributed by atoms with Gasteiger partial charge in [0.05, 0.1) is 11.7 Å². The van der Waals surface area contributed by atoms with E-state index in [1.807, 2.05) is 24.3 Å². The summed E-state index contributed by atoms with van der Waals surface area (Å²) < 4.78 is 6.27. The lowest BCUT2D eigenvalue weighted by atomic mass is 9.72. The minimum atomic E-state index is -0.760. The molecule has 1 saturated heterocycles. The van der Waals surface area contributed by atoms with Crippen molar-refractivity contribution in [3.8, 4) is 17.1 Å². The van der Waals surface area contributed by atoms with E-state index in [2.05, 4.69) is 25.9 Å². The van der Waals surface area contributed by atoms with Gasteiger partial charge in [-0.1, -0.05) is 12.1 Å². The number of rotatable bonds is 4. The van der Waals surface area contributed by atoms with Crippen molar-refractivity contribution >= 4 is 5.97 Å². The van der Waals surface area contributed by atoms with E-state index in [4.69, 9.17) is 4.74 Å². The van der Waals surface area contributed by atoms with E-state index in [1.165, 1.54) is 0 Å². The fourth-order valence-corrected chi connectivity index (χ4v) is 4.03. The Morgan fingerprint density at radius 2 is 2.08 bits per heavy atom. The average Bonchev–Trinajstić information content (AvgIpc) is 3.16. The predicted molar refractivity (Wildman–Crippen MR) is 88.9 cm³/mol. The number of aromatic nitrogens is 4. The standard InChI is InChI=1S/C17H21N5O3/c23-17(24)14-8-11-7-12(6-5-10(11)9-18-14)25-15-4-2-1-3-13(15)16-19-21-22-20-16/h1-4,10-12,14,18H,5-9H2,(H,23,24)(H,19,20,21,22)/t10?,11?,12-,14-/m0/s1. The maximum Gasteiger partial charge on any atom is 0.320 e. The zero-order valence-corrected chi connectivity index (χ0v) is 13.8. The van der Waals surface area contributed by atoms with Crippen molar-refractivity contribution in [2.75, 3.05) is 6.54 Å². The number of H-pyrrole nitrogens is 1. The lowest BCUT2D eigenvalue weighted by Gasteiger charge is -2.41. The van der Waals surface area contributed by atoms with Crippen molar-refractivity contribution in [3.05, 3.63) is 24.3 Å². The van der Waals surface area contributed by atoms with Crippen molar-refractivity contribution < 1.29 is 14.6 Å². The van der Waals surface area contributed by atoms with Crippen LogP contribution < -0.4 is 10.1 Å². The first-order valence-electron chi connectivity index (χ1n) is 8.66. The Bertz CT molecular complexity index is 736. The largest absolute Gasteiger partial charge is 0.490 e. The van der Waals surface area contributed by atoms with Gasteiger partial charge < -0.3 is 15.2 Å². The molecule has 0 amide bonds. The van der Waals surface area contributed by atoms with Gasteiger partial charge in [-0.3, -0.25) is 4.79 Å². The molecule has 4 rings (SSSR count). The first-order valence-corrected chi connectivity index (χ1v) is 8.66. The second-order valence-electron chi connectivity index (χ2n) is 6.84. The molecule has 1 aromatic heterocycles. The van der Waals surface area contributed by atoms with Gasteiger partial charge in [-0.05, 0) is 61.4 Å². The van der Waals surface area contributed by atoms with Crippen molar-refractivity contribution in [3.63, 3.8) is 0 Å². The first kappa shape index (κ1) is 16.0. The van der Waals surface area contributed by atoms with Gasteiger partial charge in [0, 0.05) is 0 Å². The lowest BCUT2D eigenvalue weighted by Crippen LogP contribution is -2.50. The van der Waals surface area contributed by atoms with Gasteiger partial charge in [0.15, 0.2) is 0 Å². The number of piperidine rings is 1. The van der Waals surface area contributed by atoms with Gasteiger partial charge in [0.2, 0.25) is 5.82 Å². The Morgan fingerprint density at radius 1 is 1.20 bits per heavy atom. The minimum Gasteiger partial charge on any atom is -0.490 e. The Morgan fingerprint density at radius 3 is 2.88 bits per heavy atom. The molecule has 1 saturated carbocycles. The zero-order chi connectivity index (χ0) is 17.2. The van der Waals surface area contributed by atoms with Crippen LogP contribution in [0.5, 0.6) is 5.75 Å². The predicted octanol–water partition coefficient (Wildman–Crippen LogP) is 1.48. The number of aliphatic carboxylic acids is 1. The summed E-state index contributed by atoms with van der Waals surface area (Å²) in [7, 11) is 0. The molecule has 2 aliphatic rings. The van der Waals surface area contributed by atoms with Crippen LogP contribution in [0.1, 0.15) is 25.7 Å². The van der Waals surface area contributed by atoms with E-state index in [-0.39, 0.29) is 6.10 Å². The smallest absolute Gasteiger partial charge is 0.320 e. The van der Waals surface area contributed by atoms with Crippen molar-refractivity contribution in [1.82, 2.24) is 25.9 Å². The van der Waals surface area contributed by atoms with Crippen molar-refractivity contribution in [2.24, 2.45) is 11.8 Å². The number of aromatic amines is 1. The summed E-state index contributed by atoms with van der Waals surface area (Å²) in [6.07, 6.45) is 3.67. The molecule has 0 radical (unpaired) electrons. The Balaban J connectivity index is 1.47. The molecule has 0 spiro atoms. The summed E-state index contributed by atoms with van der Waals surface area (Å²) in [5, 5.41) is 26.5. The van der Waals surface area contributed by atoms with E-state index in [0.717, 1.165) is 37.1 Å². The highest BCUT2D eigenvalue weighted by molar-refractivity contribution is 5.73. The number of fused-ring (bicyclic) bond motifs is 1. The van der Waals surface area contributed by atoms with Gasteiger partial charge in [-0.2, -0.15) is 5.21 Å². The molecule has 3 N–H and O–H groups in total. The van der Waals surface area contributed by atoms with Crippen LogP contribution in [0.25, 0.3) is 11.4 Å². The summed E-state index contributed by atoms with van der Waals surface area (Å²) >= 11 is 0.